The minimum atomic E-state index is -5.79. The Balaban J connectivity index is -0.000000578. The molecule has 4 bridgehead atoms. The van der Waals surface area contributed by atoms with Crippen LogP contribution in [0.3, 0.4) is 0 Å². The second kappa shape index (κ2) is 22.7. The van der Waals surface area contributed by atoms with Crippen molar-refractivity contribution >= 4 is 43.0 Å². The fourth-order valence-electron chi connectivity index (χ4n) is 6.14. The average molecular weight is 766 g/mol. The second-order valence-electron chi connectivity index (χ2n) is 11.4. The summed E-state index contributed by atoms with van der Waals surface area (Å²) in [5.41, 5.74) is 0. The van der Waals surface area contributed by atoms with Gasteiger partial charge in [-0.2, -0.15) is 17.6 Å². The predicted octanol–water partition coefficient (Wildman–Crippen LogP) is -1.60. The van der Waals surface area contributed by atoms with Crippen molar-refractivity contribution in [2.45, 2.75) is 90.1 Å². The summed E-state index contributed by atoms with van der Waals surface area (Å²) in [5, 5.41) is -1.59. The monoisotopic (exact) mass is 765 g/mol. The van der Waals surface area contributed by atoms with Crippen molar-refractivity contribution in [1.82, 2.24) is 4.90 Å². The van der Waals surface area contributed by atoms with E-state index < -0.39 is 55.8 Å². The van der Waals surface area contributed by atoms with Gasteiger partial charge in [0, 0.05) is 5.92 Å². The number of aliphatic hydroxyl groups is 1. The fraction of sp³-hybridized carbons (Fsp3) is 0.926. The third-order valence-electron chi connectivity index (χ3n) is 8.71. The van der Waals surface area contributed by atoms with Crippen molar-refractivity contribution in [3.05, 3.63) is 0 Å². The van der Waals surface area contributed by atoms with Crippen LogP contribution >= 0.6 is 11.6 Å². The number of alkyl halides is 4. The third-order valence-corrected chi connectivity index (χ3v) is 10.7. The minimum absolute atomic E-state index is 0. The van der Waals surface area contributed by atoms with E-state index in [0.29, 0.717) is 18.3 Å². The topological polar surface area (TPSA) is 181 Å². The number of hydrogen-bond acceptors (Lipinski definition) is 11. The SMILES string of the molecule is C.CCN(CC)CC.O=C(Cl)C1CC2CCC1C2.O=C(OCC(F)(F)S(=O)(=O)[O-])C1CC2CCC1C2.O=S(=O)([O-])C(F)(F)CO.[Na+].[Na+]. The summed E-state index contributed by atoms with van der Waals surface area (Å²) >= 11 is 5.44. The maximum absolute atomic E-state index is 12.8. The summed E-state index contributed by atoms with van der Waals surface area (Å²) in [6.45, 7) is 6.46. The van der Waals surface area contributed by atoms with Crippen LogP contribution in [0.25, 0.3) is 0 Å². The summed E-state index contributed by atoms with van der Waals surface area (Å²) in [5.74, 6) is 1.06. The molecule has 0 saturated heterocycles. The summed E-state index contributed by atoms with van der Waals surface area (Å²) in [7, 11) is -11.5. The summed E-state index contributed by atoms with van der Waals surface area (Å²) in [6.07, 6.45) is 8.35. The molecule has 268 valence electrons. The van der Waals surface area contributed by atoms with Crippen LogP contribution in [0, 0.1) is 35.5 Å². The summed E-state index contributed by atoms with van der Waals surface area (Å²) < 4.78 is 112. The second-order valence-corrected chi connectivity index (χ2v) is 14.8. The normalized spacial score (nSPS) is 25.7. The van der Waals surface area contributed by atoms with Crippen molar-refractivity contribution in [1.29, 1.82) is 0 Å². The zero-order chi connectivity index (χ0) is 34.1. The molecule has 4 rings (SSSR count). The quantitative estimate of drug-likeness (QED) is 0.0890. The van der Waals surface area contributed by atoms with Crippen LogP contribution in [0.4, 0.5) is 17.6 Å². The van der Waals surface area contributed by atoms with Crippen LogP contribution in [0.5, 0.6) is 0 Å². The van der Waals surface area contributed by atoms with E-state index in [4.69, 9.17) is 16.7 Å². The van der Waals surface area contributed by atoms with Gasteiger partial charge >= 0.3 is 75.6 Å². The Kier molecular flexibility index (Phi) is 25.3. The number of ether oxygens (including phenoxy) is 1. The molecule has 4 aliphatic carbocycles. The molecule has 0 aromatic heterocycles. The number of nitrogens with zero attached hydrogens (tertiary/aromatic N) is 1. The van der Waals surface area contributed by atoms with Gasteiger partial charge in [0.1, 0.15) is 6.61 Å². The van der Waals surface area contributed by atoms with Crippen molar-refractivity contribution in [2.24, 2.45) is 35.5 Å². The van der Waals surface area contributed by atoms with Crippen molar-refractivity contribution in [3.8, 4) is 0 Å². The van der Waals surface area contributed by atoms with E-state index in [1.165, 1.54) is 38.9 Å². The molecule has 0 spiro atoms. The van der Waals surface area contributed by atoms with Crippen molar-refractivity contribution < 1.29 is 122 Å². The van der Waals surface area contributed by atoms with E-state index in [-0.39, 0.29) is 83.6 Å². The van der Waals surface area contributed by atoms with Gasteiger partial charge in [-0.1, -0.05) is 41.0 Å². The number of aliphatic hydroxyl groups excluding tert-OH is 1. The van der Waals surface area contributed by atoms with Crippen LogP contribution in [0.2, 0.25) is 0 Å². The molecule has 0 aliphatic heterocycles. The van der Waals surface area contributed by atoms with Gasteiger partial charge in [0.2, 0.25) is 5.24 Å². The van der Waals surface area contributed by atoms with Gasteiger partial charge in [-0.15, -0.1) is 0 Å². The largest absolute Gasteiger partial charge is 1.00 e. The summed E-state index contributed by atoms with van der Waals surface area (Å²) in [6, 6.07) is 0. The number of rotatable bonds is 10. The first-order chi connectivity index (χ1) is 20.1. The molecule has 1 N–H and O–H groups in total. The number of hydrogen-bond donors (Lipinski definition) is 1. The Morgan fingerprint density at radius 3 is 1.36 bits per heavy atom. The van der Waals surface area contributed by atoms with Gasteiger partial charge in [-0.25, -0.2) is 16.8 Å². The molecule has 4 saturated carbocycles. The van der Waals surface area contributed by atoms with Crippen LogP contribution in [-0.4, -0.2) is 90.5 Å². The molecule has 4 fully saturated rings. The Morgan fingerprint density at radius 2 is 1.17 bits per heavy atom. The summed E-state index contributed by atoms with van der Waals surface area (Å²) in [4.78, 5) is 24.7. The number of carbonyl (C=O) groups excluding carboxylic acids is 2. The molecule has 0 heterocycles. The first-order valence-electron chi connectivity index (χ1n) is 14.5. The molecule has 0 aromatic rings. The first kappa shape index (κ1) is 52.3. The van der Waals surface area contributed by atoms with Crippen LogP contribution in [0.1, 0.15) is 79.6 Å². The molecular formula is C27H46ClF4NNa2O10S2. The first-order valence-corrected chi connectivity index (χ1v) is 17.7. The zero-order valence-corrected chi connectivity index (χ0v) is 33.3. The molecular weight excluding hydrogens is 720 g/mol. The van der Waals surface area contributed by atoms with E-state index in [0.717, 1.165) is 31.6 Å². The molecule has 0 amide bonds. The third kappa shape index (κ3) is 16.4. The van der Waals surface area contributed by atoms with Crippen molar-refractivity contribution in [3.63, 3.8) is 0 Å². The number of halogens is 5. The Morgan fingerprint density at radius 1 is 0.787 bits per heavy atom. The van der Waals surface area contributed by atoms with E-state index in [1.54, 1.807) is 0 Å². The molecule has 0 aromatic carbocycles. The van der Waals surface area contributed by atoms with Crippen LogP contribution in [0.15, 0.2) is 0 Å². The molecule has 20 heteroatoms. The fourth-order valence-corrected chi connectivity index (χ4v) is 6.77. The number of carbonyl (C=O) groups is 2. The minimum Gasteiger partial charge on any atom is -0.743 e. The smallest absolute Gasteiger partial charge is 0.743 e. The van der Waals surface area contributed by atoms with E-state index in [2.05, 4.69) is 30.4 Å². The van der Waals surface area contributed by atoms with Gasteiger partial charge in [-0.05, 0) is 93.4 Å². The standard InChI is InChI=1S/C10H14F2O5S.C8H11ClO.C6H15N.C2H4F2O4S.CH4.2Na/c11-10(12,18(14,15)16)5-17-9(13)8-4-6-1-2-7(8)3-6;9-8(10)7-4-5-1-2-6(7)3-5;1-4-7(5-2)6-3;3-2(4,1-5)9(6,7)8;;;/h6-8H,1-5H2,(H,14,15,16);5-7H,1-4H2;4-6H2,1-3H3;5H,1H2,(H,6,7,8);1H4;;/q;;;;;2*+1/p-2. The van der Waals surface area contributed by atoms with Crippen LogP contribution in [-0.2, 0) is 34.6 Å². The molecule has 6 atom stereocenters. The van der Waals surface area contributed by atoms with E-state index in [1.807, 2.05) is 0 Å². The Labute approximate surface area is 325 Å². The average Bonchev–Trinajstić information content (AvgIpc) is 3.75. The van der Waals surface area contributed by atoms with E-state index >= 15 is 0 Å². The van der Waals surface area contributed by atoms with Gasteiger partial charge in [0.25, 0.3) is 0 Å². The number of fused-ring (bicyclic) bond motifs is 4. The number of esters is 1. The maximum Gasteiger partial charge on any atom is 1.00 e. The van der Waals surface area contributed by atoms with Crippen LogP contribution < -0.4 is 59.1 Å². The molecule has 4 aliphatic rings. The van der Waals surface area contributed by atoms with Gasteiger partial charge < -0.3 is 23.8 Å². The van der Waals surface area contributed by atoms with Gasteiger partial charge in [-0.3, -0.25) is 9.59 Å². The Bertz CT molecular complexity index is 1160. The van der Waals surface area contributed by atoms with Gasteiger partial charge in [0.05, 0.1) is 5.92 Å². The zero-order valence-electron chi connectivity index (χ0n) is 26.9. The Hall–Kier alpha value is 0.890. The molecule has 11 nitrogen and oxygen atoms in total. The predicted molar refractivity (Wildman–Crippen MR) is 156 cm³/mol. The molecule has 47 heavy (non-hydrogen) atoms. The van der Waals surface area contributed by atoms with E-state index in [9.17, 15) is 53.1 Å². The maximum atomic E-state index is 12.8. The molecule has 6 unspecified atom stereocenters. The van der Waals surface area contributed by atoms with Crippen molar-refractivity contribution in [2.75, 3.05) is 32.8 Å². The van der Waals surface area contributed by atoms with Gasteiger partial charge in [0.15, 0.2) is 26.8 Å². The molecule has 0 radical (unpaired) electrons.